The lowest BCUT2D eigenvalue weighted by atomic mass is 10.0. The van der Waals surface area contributed by atoms with Gasteiger partial charge in [0.1, 0.15) is 0 Å². The van der Waals surface area contributed by atoms with Crippen molar-refractivity contribution in [3.05, 3.63) is 36.5 Å². The van der Waals surface area contributed by atoms with Crippen molar-refractivity contribution in [1.29, 1.82) is 0 Å². The third-order valence-corrected chi connectivity index (χ3v) is 8.31. The van der Waals surface area contributed by atoms with Gasteiger partial charge in [0.25, 0.3) is 10.1 Å². The van der Waals surface area contributed by atoms with E-state index >= 15 is 0 Å². The first kappa shape index (κ1) is 40.6. The van der Waals surface area contributed by atoms with Crippen LogP contribution in [0.3, 0.4) is 0 Å². The predicted octanol–water partition coefficient (Wildman–Crippen LogP) is 9.40. The molecule has 0 aromatic heterocycles. The van der Waals surface area contributed by atoms with Crippen LogP contribution in [0.5, 0.6) is 0 Å². The van der Waals surface area contributed by atoms with E-state index in [1.165, 1.54) is 96.0 Å². The van der Waals surface area contributed by atoms with Gasteiger partial charge in [-0.3, -0.25) is 9.35 Å². The maximum absolute atomic E-state index is 12.4. The molecule has 0 aliphatic carbocycles. The summed E-state index contributed by atoms with van der Waals surface area (Å²) in [7, 11) is -4.35. The maximum atomic E-state index is 12.4. The zero-order valence-electron chi connectivity index (χ0n) is 27.1. The molecule has 0 aliphatic heterocycles. The van der Waals surface area contributed by atoms with Crippen LogP contribution in [0.1, 0.15) is 162 Å². The van der Waals surface area contributed by atoms with Gasteiger partial charge in [-0.05, 0) is 38.5 Å². The number of aliphatic hydroxyl groups excluding tert-OH is 1. The van der Waals surface area contributed by atoms with E-state index in [0.717, 1.165) is 44.9 Å². The monoisotopic (exact) mass is 611 g/mol. The lowest BCUT2D eigenvalue weighted by Gasteiger charge is -2.21. The Hall–Kier alpha value is -1.44. The smallest absolute Gasteiger partial charge is 0.267 e. The molecule has 0 bridgehead atoms. The number of aliphatic hydroxyl groups is 1. The van der Waals surface area contributed by atoms with Crippen LogP contribution >= 0.6 is 0 Å². The molecule has 0 spiro atoms. The average molecular weight is 612 g/mol. The highest BCUT2D eigenvalue weighted by Gasteiger charge is 2.24. The molecular formula is C35H65NO5S. The first-order valence-corrected chi connectivity index (χ1v) is 18.8. The zero-order chi connectivity index (χ0) is 31.2. The van der Waals surface area contributed by atoms with Crippen molar-refractivity contribution < 1.29 is 22.9 Å². The van der Waals surface area contributed by atoms with Crippen molar-refractivity contribution in [2.75, 3.05) is 5.75 Å². The van der Waals surface area contributed by atoms with Gasteiger partial charge < -0.3 is 10.4 Å². The second-order valence-electron chi connectivity index (χ2n) is 11.8. The van der Waals surface area contributed by atoms with Crippen LogP contribution in [-0.4, -0.2) is 41.9 Å². The van der Waals surface area contributed by atoms with Crippen LogP contribution in [0.4, 0.5) is 0 Å². The molecule has 1 amide bonds. The molecule has 7 heteroatoms. The molecule has 0 aromatic rings. The molecule has 42 heavy (non-hydrogen) atoms. The first-order valence-electron chi connectivity index (χ1n) is 17.2. The van der Waals surface area contributed by atoms with Gasteiger partial charge in [0.05, 0.1) is 17.9 Å². The Balaban J connectivity index is 4.02. The Morgan fingerprint density at radius 2 is 1.02 bits per heavy atom. The average Bonchev–Trinajstić information content (AvgIpc) is 2.94. The van der Waals surface area contributed by atoms with Crippen LogP contribution in [0.2, 0.25) is 0 Å². The largest absolute Gasteiger partial charge is 0.387 e. The summed E-state index contributed by atoms with van der Waals surface area (Å²) >= 11 is 0. The normalized spacial score (nSPS) is 13.9. The van der Waals surface area contributed by atoms with Crippen LogP contribution in [0.25, 0.3) is 0 Å². The lowest BCUT2D eigenvalue weighted by Crippen LogP contribution is -2.46. The lowest BCUT2D eigenvalue weighted by molar-refractivity contribution is -0.122. The van der Waals surface area contributed by atoms with Crippen LogP contribution in [-0.2, 0) is 14.9 Å². The van der Waals surface area contributed by atoms with E-state index in [-0.39, 0.29) is 12.3 Å². The van der Waals surface area contributed by atoms with Crippen LogP contribution in [0, 0.1) is 0 Å². The highest BCUT2D eigenvalue weighted by molar-refractivity contribution is 7.85. The predicted molar refractivity (Wildman–Crippen MR) is 179 cm³/mol. The fraction of sp³-hybridized carbons (Fsp3) is 0.800. The molecular weight excluding hydrogens is 546 g/mol. The minimum absolute atomic E-state index is 0.287. The Labute approximate surface area is 259 Å². The molecule has 0 aromatic carbocycles. The molecule has 0 rings (SSSR count). The maximum Gasteiger partial charge on any atom is 0.267 e. The molecule has 0 heterocycles. The second-order valence-corrected chi connectivity index (χ2v) is 13.3. The number of carbonyl (C=O) groups excluding carboxylic acids is 1. The summed E-state index contributed by atoms with van der Waals surface area (Å²) in [6.45, 7) is 4.42. The second kappa shape index (κ2) is 29.6. The number of nitrogens with one attached hydrogen (secondary N) is 1. The molecule has 0 saturated carbocycles. The SMILES string of the molecule is CCC/C=C/CC/C=C/CC/C=C/C(O)C(CS(=O)(=O)O)NC(=O)CCCCCCCCCCCCCCCCCC. The van der Waals surface area contributed by atoms with E-state index in [2.05, 4.69) is 43.5 Å². The number of hydrogen-bond donors (Lipinski definition) is 3. The highest BCUT2D eigenvalue weighted by atomic mass is 32.2. The molecule has 0 aliphatic rings. The first-order chi connectivity index (χ1) is 20.3. The third-order valence-electron chi connectivity index (χ3n) is 7.53. The number of allylic oxidation sites excluding steroid dienone is 5. The summed E-state index contributed by atoms with van der Waals surface area (Å²) in [5.41, 5.74) is 0. The molecule has 3 N–H and O–H groups in total. The van der Waals surface area contributed by atoms with Crippen molar-refractivity contribution in [2.24, 2.45) is 0 Å². The van der Waals surface area contributed by atoms with Crippen molar-refractivity contribution in [3.63, 3.8) is 0 Å². The van der Waals surface area contributed by atoms with Gasteiger partial charge in [0.2, 0.25) is 5.91 Å². The van der Waals surface area contributed by atoms with E-state index in [9.17, 15) is 22.9 Å². The van der Waals surface area contributed by atoms with Gasteiger partial charge >= 0.3 is 0 Å². The quantitative estimate of drug-likeness (QED) is 0.0426. The van der Waals surface area contributed by atoms with E-state index in [1.54, 1.807) is 6.08 Å². The fourth-order valence-electron chi connectivity index (χ4n) is 4.96. The molecule has 0 fully saturated rings. The Morgan fingerprint density at radius 3 is 1.45 bits per heavy atom. The summed E-state index contributed by atoms with van der Waals surface area (Å²) in [4.78, 5) is 12.4. The van der Waals surface area contributed by atoms with Gasteiger partial charge in [-0.2, -0.15) is 8.42 Å². The van der Waals surface area contributed by atoms with Gasteiger partial charge in [-0.1, -0.05) is 153 Å². The summed E-state index contributed by atoms with van der Waals surface area (Å²) < 4.78 is 32.2. The van der Waals surface area contributed by atoms with E-state index in [4.69, 9.17) is 0 Å². The molecule has 246 valence electrons. The minimum atomic E-state index is -4.35. The summed E-state index contributed by atoms with van der Waals surface area (Å²) in [5, 5.41) is 13.1. The topological polar surface area (TPSA) is 104 Å². The highest BCUT2D eigenvalue weighted by Crippen LogP contribution is 2.14. The Bertz CT molecular complexity index is 806. The number of unbranched alkanes of at least 4 members (excludes halogenated alkanes) is 18. The number of hydrogen-bond acceptors (Lipinski definition) is 4. The molecule has 0 radical (unpaired) electrons. The molecule has 0 saturated heterocycles. The van der Waals surface area contributed by atoms with Gasteiger partial charge in [0.15, 0.2) is 0 Å². The van der Waals surface area contributed by atoms with Crippen LogP contribution < -0.4 is 5.32 Å². The standard InChI is InChI=1S/C35H65NO5S/c1-3-5-7-9-11-13-15-16-17-18-19-21-23-25-27-29-31-35(38)36-33(32-42(39,40)41)34(37)30-28-26-24-22-20-14-12-10-8-6-4-2/h8,10,20,22,28,30,33-34,37H,3-7,9,11-19,21,23-27,29,31-32H2,1-2H3,(H,36,38)(H,39,40,41)/b10-8+,22-20+,30-28+. The zero-order valence-corrected chi connectivity index (χ0v) is 27.9. The van der Waals surface area contributed by atoms with E-state index < -0.39 is 28.0 Å². The summed E-state index contributed by atoms with van der Waals surface area (Å²) in [6, 6.07) is -1.07. The fourth-order valence-corrected chi connectivity index (χ4v) is 5.69. The van der Waals surface area contributed by atoms with Crippen molar-refractivity contribution in [2.45, 2.75) is 174 Å². The summed E-state index contributed by atoms with van der Waals surface area (Å²) in [5.74, 6) is -1.01. The molecule has 6 nitrogen and oxygen atoms in total. The van der Waals surface area contributed by atoms with Crippen molar-refractivity contribution in [1.82, 2.24) is 5.32 Å². The van der Waals surface area contributed by atoms with E-state index in [0.29, 0.717) is 6.42 Å². The third kappa shape index (κ3) is 30.0. The van der Waals surface area contributed by atoms with Gasteiger partial charge in [0, 0.05) is 6.42 Å². The van der Waals surface area contributed by atoms with Crippen molar-refractivity contribution in [3.8, 4) is 0 Å². The van der Waals surface area contributed by atoms with E-state index in [1.807, 2.05) is 0 Å². The Kier molecular flexibility index (Phi) is 28.6. The summed E-state index contributed by atoms with van der Waals surface area (Å²) in [6.07, 6.45) is 37.0. The molecule has 2 atom stereocenters. The Morgan fingerprint density at radius 1 is 0.619 bits per heavy atom. The number of rotatable bonds is 30. The number of carbonyl (C=O) groups is 1. The van der Waals surface area contributed by atoms with Gasteiger partial charge in [-0.15, -0.1) is 0 Å². The number of amides is 1. The van der Waals surface area contributed by atoms with Crippen molar-refractivity contribution >= 4 is 16.0 Å². The minimum Gasteiger partial charge on any atom is -0.387 e. The molecule has 2 unspecified atom stereocenters. The van der Waals surface area contributed by atoms with Crippen LogP contribution in [0.15, 0.2) is 36.5 Å². The van der Waals surface area contributed by atoms with Gasteiger partial charge in [-0.25, -0.2) is 0 Å².